The van der Waals surface area contributed by atoms with E-state index in [0.717, 1.165) is 30.6 Å². The zero-order valence-electron chi connectivity index (χ0n) is 27.6. The molecular formula is C48H33NO. The number of fused-ring (bicyclic) bond motifs is 12. The highest BCUT2D eigenvalue weighted by Crippen LogP contribution is 2.46. The van der Waals surface area contributed by atoms with Gasteiger partial charge in [-0.15, -0.1) is 0 Å². The van der Waals surface area contributed by atoms with Crippen LogP contribution < -0.4 is 0 Å². The van der Waals surface area contributed by atoms with Crippen LogP contribution >= 0.6 is 0 Å². The molecular weight excluding hydrogens is 607 g/mol. The lowest BCUT2D eigenvalue weighted by Crippen LogP contribution is -2.06. The monoisotopic (exact) mass is 639 g/mol. The molecule has 236 valence electrons. The number of rotatable bonds is 3. The maximum Gasteiger partial charge on any atom is 0.134 e. The van der Waals surface area contributed by atoms with Crippen LogP contribution in [-0.2, 0) is 6.42 Å². The van der Waals surface area contributed by atoms with Crippen LogP contribution in [0.15, 0.2) is 156 Å². The van der Waals surface area contributed by atoms with E-state index in [-0.39, 0.29) is 0 Å². The number of allylic oxidation sites excluding steroid dienone is 5. The molecule has 11 rings (SSSR count). The van der Waals surface area contributed by atoms with E-state index in [1.807, 2.05) is 0 Å². The van der Waals surface area contributed by atoms with Crippen LogP contribution in [0.2, 0.25) is 0 Å². The molecule has 0 amide bonds. The number of hydrogen-bond donors (Lipinski definition) is 0. The lowest BCUT2D eigenvalue weighted by Gasteiger charge is -2.20. The number of para-hydroxylation sites is 2. The molecule has 2 heteroatoms. The van der Waals surface area contributed by atoms with Crippen molar-refractivity contribution in [3.05, 3.63) is 169 Å². The molecule has 0 bridgehead atoms. The predicted octanol–water partition coefficient (Wildman–Crippen LogP) is 13.2. The van der Waals surface area contributed by atoms with Gasteiger partial charge >= 0.3 is 0 Å². The van der Waals surface area contributed by atoms with Crippen LogP contribution in [0.4, 0.5) is 0 Å². The zero-order valence-corrected chi connectivity index (χ0v) is 27.6. The van der Waals surface area contributed by atoms with Crippen LogP contribution in [-0.4, -0.2) is 4.57 Å². The standard InChI is InChI=1S/C48H33NO/c1-2-12-32(13-3-1)49-43-22-8-6-16-37(43)41-28-30(24-26-44(41)49)33-18-10-20-39-35-14-4-5-15-36(35)40-21-11-19-34(48(40)47(33)39)31-25-27-46-42(29-31)38-17-7-9-23-45(38)50-46/h1-12,14-24,26,28-29,32H,13,25,27H2. The lowest BCUT2D eigenvalue weighted by molar-refractivity contribution is 0.548. The molecule has 0 saturated carbocycles. The highest BCUT2D eigenvalue weighted by molar-refractivity contribution is 6.31. The van der Waals surface area contributed by atoms with Gasteiger partial charge in [0.25, 0.3) is 0 Å². The average Bonchev–Trinajstić information content (AvgIpc) is 3.73. The van der Waals surface area contributed by atoms with Gasteiger partial charge in [0, 0.05) is 39.2 Å². The van der Waals surface area contributed by atoms with Gasteiger partial charge in [0.15, 0.2) is 0 Å². The largest absolute Gasteiger partial charge is 0.460 e. The van der Waals surface area contributed by atoms with E-state index in [0.29, 0.717) is 6.04 Å². The third-order valence-corrected chi connectivity index (χ3v) is 11.2. The number of aryl methyl sites for hydroxylation is 1. The number of furan rings is 1. The Labute approximate surface area is 289 Å². The molecule has 7 aromatic carbocycles. The van der Waals surface area contributed by atoms with E-state index < -0.39 is 0 Å². The van der Waals surface area contributed by atoms with Crippen molar-refractivity contribution in [1.82, 2.24) is 4.57 Å². The van der Waals surface area contributed by atoms with Crippen molar-refractivity contribution in [2.75, 3.05) is 0 Å². The maximum atomic E-state index is 6.32. The van der Waals surface area contributed by atoms with Gasteiger partial charge in [0.05, 0.1) is 6.04 Å². The Morgan fingerprint density at radius 2 is 1.22 bits per heavy atom. The Morgan fingerprint density at radius 1 is 0.540 bits per heavy atom. The van der Waals surface area contributed by atoms with Gasteiger partial charge in [-0.3, -0.25) is 0 Å². The Bertz CT molecular complexity index is 2960. The molecule has 1 atom stereocenters. The molecule has 2 aliphatic rings. The van der Waals surface area contributed by atoms with Crippen molar-refractivity contribution < 1.29 is 4.42 Å². The normalized spacial score (nSPS) is 15.9. The Kier molecular flexibility index (Phi) is 5.94. The summed E-state index contributed by atoms with van der Waals surface area (Å²) in [5.41, 5.74) is 9.98. The molecule has 2 heterocycles. The van der Waals surface area contributed by atoms with Gasteiger partial charge in [-0.25, -0.2) is 0 Å². The summed E-state index contributed by atoms with van der Waals surface area (Å²) in [7, 11) is 0. The predicted molar refractivity (Wildman–Crippen MR) is 212 cm³/mol. The van der Waals surface area contributed by atoms with Gasteiger partial charge < -0.3 is 8.98 Å². The zero-order chi connectivity index (χ0) is 32.8. The summed E-state index contributed by atoms with van der Waals surface area (Å²) >= 11 is 0. The van der Waals surface area contributed by atoms with Crippen molar-refractivity contribution in [2.45, 2.75) is 25.3 Å². The van der Waals surface area contributed by atoms with E-state index in [4.69, 9.17) is 4.42 Å². The van der Waals surface area contributed by atoms with Gasteiger partial charge in [-0.2, -0.15) is 0 Å². The first kappa shape index (κ1) is 27.8. The fraction of sp³-hybridized carbons (Fsp3) is 0.0833. The highest BCUT2D eigenvalue weighted by Gasteiger charge is 2.23. The minimum atomic E-state index is 0.306. The summed E-state index contributed by atoms with van der Waals surface area (Å²) in [6, 6.07) is 47.5. The lowest BCUT2D eigenvalue weighted by atomic mass is 9.83. The summed E-state index contributed by atoms with van der Waals surface area (Å²) < 4.78 is 8.85. The van der Waals surface area contributed by atoms with Crippen LogP contribution in [0.25, 0.3) is 87.9 Å². The molecule has 50 heavy (non-hydrogen) atoms. The second-order valence-electron chi connectivity index (χ2n) is 13.8. The van der Waals surface area contributed by atoms with Gasteiger partial charge in [-0.05, 0) is 97.8 Å². The van der Waals surface area contributed by atoms with Gasteiger partial charge in [0.1, 0.15) is 11.3 Å². The molecule has 0 aliphatic heterocycles. The summed E-state index contributed by atoms with van der Waals surface area (Å²) in [4.78, 5) is 0. The number of hydrogen-bond acceptors (Lipinski definition) is 1. The molecule has 2 aliphatic carbocycles. The number of aromatic nitrogens is 1. The Morgan fingerprint density at radius 3 is 2.02 bits per heavy atom. The molecule has 0 saturated heterocycles. The molecule has 1 unspecified atom stereocenters. The van der Waals surface area contributed by atoms with Crippen LogP contribution in [0.3, 0.4) is 0 Å². The third kappa shape index (κ3) is 3.96. The minimum absolute atomic E-state index is 0.306. The molecule has 0 radical (unpaired) electrons. The first-order valence-corrected chi connectivity index (χ1v) is 17.8. The van der Waals surface area contributed by atoms with Crippen molar-refractivity contribution in [1.29, 1.82) is 0 Å². The van der Waals surface area contributed by atoms with E-state index in [2.05, 4.69) is 162 Å². The highest BCUT2D eigenvalue weighted by atomic mass is 16.3. The van der Waals surface area contributed by atoms with E-state index >= 15 is 0 Å². The topological polar surface area (TPSA) is 18.1 Å². The Hall–Kier alpha value is -6.12. The minimum Gasteiger partial charge on any atom is -0.460 e. The first-order chi connectivity index (χ1) is 24.8. The second-order valence-corrected chi connectivity index (χ2v) is 13.8. The number of benzene rings is 7. The van der Waals surface area contributed by atoms with E-state index in [9.17, 15) is 0 Å². The van der Waals surface area contributed by atoms with Gasteiger partial charge in [-0.1, -0.05) is 127 Å². The van der Waals surface area contributed by atoms with E-state index in [1.54, 1.807) is 0 Å². The molecule has 2 aromatic heterocycles. The third-order valence-electron chi connectivity index (χ3n) is 11.2. The van der Waals surface area contributed by atoms with E-state index in [1.165, 1.54) is 87.3 Å². The number of nitrogens with zero attached hydrogens (tertiary/aromatic N) is 1. The molecule has 0 N–H and O–H groups in total. The van der Waals surface area contributed by atoms with Crippen LogP contribution in [0, 0.1) is 0 Å². The smallest absolute Gasteiger partial charge is 0.134 e. The fourth-order valence-corrected chi connectivity index (χ4v) is 9.01. The molecule has 0 spiro atoms. The summed E-state index contributed by atoms with van der Waals surface area (Å²) in [5, 5.41) is 11.7. The van der Waals surface area contributed by atoms with Gasteiger partial charge in [0.2, 0.25) is 0 Å². The average molecular weight is 640 g/mol. The SMILES string of the molecule is C1=CCC(n2c3ccccc3c3cc(-c4cccc5c6ccccc6c6cccc(C7=Cc8c(oc9ccccc89)CC7)c6c45)ccc32)C=C1. The van der Waals surface area contributed by atoms with Crippen molar-refractivity contribution >= 4 is 76.7 Å². The van der Waals surface area contributed by atoms with Crippen molar-refractivity contribution in [3.63, 3.8) is 0 Å². The molecule has 2 nitrogen and oxygen atoms in total. The summed E-state index contributed by atoms with van der Waals surface area (Å²) in [5.74, 6) is 1.10. The molecule has 9 aromatic rings. The second kappa shape index (κ2) is 10.7. The van der Waals surface area contributed by atoms with Crippen LogP contribution in [0.5, 0.6) is 0 Å². The molecule has 0 fully saturated rings. The Balaban J connectivity index is 1.21. The summed E-state index contributed by atoms with van der Waals surface area (Å²) in [6.07, 6.45) is 14.2. The van der Waals surface area contributed by atoms with Crippen LogP contribution in [0.1, 0.15) is 35.8 Å². The fourth-order valence-electron chi connectivity index (χ4n) is 9.01. The quantitative estimate of drug-likeness (QED) is 0.176. The maximum absolute atomic E-state index is 6.32. The summed E-state index contributed by atoms with van der Waals surface area (Å²) in [6.45, 7) is 0. The van der Waals surface area contributed by atoms with Crippen molar-refractivity contribution in [3.8, 4) is 11.1 Å². The first-order valence-electron chi connectivity index (χ1n) is 17.8. The van der Waals surface area contributed by atoms with Crippen molar-refractivity contribution in [2.24, 2.45) is 0 Å².